The molecular weight excluding hydrogens is 280 g/mol. The average Bonchev–Trinajstić information content (AvgIpc) is 2.59. The van der Waals surface area contributed by atoms with Crippen LogP contribution >= 0.6 is 0 Å². The van der Waals surface area contributed by atoms with Gasteiger partial charge in [0, 0.05) is 0 Å². The largest absolute Gasteiger partial charge is 0.458 e. The molecule has 0 N–H and O–H groups in total. The van der Waals surface area contributed by atoms with Gasteiger partial charge in [-0.3, -0.25) is 0 Å². The lowest BCUT2D eigenvalue weighted by Crippen LogP contribution is -2.16. The monoisotopic (exact) mass is 296 g/mol. The standard InChI is InChI=1S/C10H8O4.C8H8/c11-9-7-1-2-8(4-3-7)10(12)14-6-5-13-9;1-2-8-6-4-3-5-7-8/h1-4H,5-6H2;2-7H,1H2. The van der Waals surface area contributed by atoms with Crippen molar-refractivity contribution in [2.75, 3.05) is 13.2 Å². The number of hydrogen-bond acceptors (Lipinski definition) is 4. The fourth-order valence-electron chi connectivity index (χ4n) is 1.77. The van der Waals surface area contributed by atoms with Crippen LogP contribution in [-0.2, 0) is 9.47 Å². The van der Waals surface area contributed by atoms with Crippen molar-refractivity contribution in [2.45, 2.75) is 0 Å². The number of rotatable bonds is 1. The van der Waals surface area contributed by atoms with Gasteiger partial charge in [0.05, 0.1) is 11.1 Å². The van der Waals surface area contributed by atoms with E-state index in [9.17, 15) is 9.59 Å². The van der Waals surface area contributed by atoms with E-state index in [1.807, 2.05) is 36.4 Å². The predicted molar refractivity (Wildman–Crippen MR) is 83.5 cm³/mol. The smallest absolute Gasteiger partial charge is 0.338 e. The lowest BCUT2D eigenvalue weighted by molar-refractivity contribution is 0.0260. The van der Waals surface area contributed by atoms with Crippen molar-refractivity contribution in [3.63, 3.8) is 0 Å². The van der Waals surface area contributed by atoms with Crippen LogP contribution < -0.4 is 0 Å². The normalized spacial score (nSPS) is 13.3. The molecule has 0 saturated carbocycles. The molecule has 2 bridgehead atoms. The van der Waals surface area contributed by atoms with Crippen molar-refractivity contribution in [3.8, 4) is 0 Å². The lowest BCUT2D eigenvalue weighted by atomic mass is 10.1. The third-order valence-corrected chi connectivity index (χ3v) is 2.94. The molecule has 0 aromatic heterocycles. The van der Waals surface area contributed by atoms with Crippen LogP contribution in [0.25, 0.3) is 6.08 Å². The second kappa shape index (κ2) is 7.78. The third-order valence-electron chi connectivity index (χ3n) is 2.94. The van der Waals surface area contributed by atoms with Crippen molar-refractivity contribution < 1.29 is 19.1 Å². The second-order valence-electron chi connectivity index (χ2n) is 4.46. The van der Waals surface area contributed by atoms with Gasteiger partial charge in [0.1, 0.15) is 13.2 Å². The van der Waals surface area contributed by atoms with Crippen LogP contribution in [0, 0.1) is 0 Å². The summed E-state index contributed by atoms with van der Waals surface area (Å²) >= 11 is 0. The molecule has 0 amide bonds. The summed E-state index contributed by atoms with van der Waals surface area (Å²) in [5.41, 5.74) is 2.07. The van der Waals surface area contributed by atoms with Gasteiger partial charge >= 0.3 is 11.9 Å². The number of carbonyl (C=O) groups excluding carboxylic acids is 2. The number of hydrogen-bond donors (Lipinski definition) is 0. The molecule has 0 spiro atoms. The van der Waals surface area contributed by atoms with Crippen LogP contribution in [0.2, 0.25) is 0 Å². The van der Waals surface area contributed by atoms with Crippen LogP contribution in [0.4, 0.5) is 0 Å². The van der Waals surface area contributed by atoms with E-state index in [0.717, 1.165) is 0 Å². The highest BCUT2D eigenvalue weighted by atomic mass is 16.6. The minimum atomic E-state index is -0.394. The van der Waals surface area contributed by atoms with Gasteiger partial charge in [-0.1, -0.05) is 43.0 Å². The van der Waals surface area contributed by atoms with Crippen LogP contribution in [-0.4, -0.2) is 25.2 Å². The minimum Gasteiger partial charge on any atom is -0.458 e. The maximum absolute atomic E-state index is 11.3. The van der Waals surface area contributed by atoms with E-state index >= 15 is 0 Å². The summed E-state index contributed by atoms with van der Waals surface area (Å²) in [6, 6.07) is 16.2. The SMILES string of the molecule is C=Cc1ccccc1.O=C1OCCOC(=O)c2ccc1cc2. The average molecular weight is 296 g/mol. The summed E-state index contributed by atoms with van der Waals surface area (Å²) in [7, 11) is 0. The molecule has 2 heterocycles. The highest BCUT2D eigenvalue weighted by Crippen LogP contribution is 2.09. The van der Waals surface area contributed by atoms with Gasteiger partial charge in [0.25, 0.3) is 0 Å². The van der Waals surface area contributed by atoms with Crippen molar-refractivity contribution in [2.24, 2.45) is 0 Å². The van der Waals surface area contributed by atoms with E-state index in [1.165, 1.54) is 5.56 Å². The molecule has 22 heavy (non-hydrogen) atoms. The first-order chi connectivity index (χ1) is 10.7. The van der Waals surface area contributed by atoms with Gasteiger partial charge in [-0.15, -0.1) is 0 Å². The molecule has 0 unspecified atom stereocenters. The lowest BCUT2D eigenvalue weighted by Gasteiger charge is -2.09. The number of esters is 2. The molecule has 0 aliphatic carbocycles. The molecule has 4 heteroatoms. The minimum absolute atomic E-state index is 0.100. The quantitative estimate of drug-likeness (QED) is 0.757. The fraction of sp³-hybridized carbons (Fsp3) is 0.111. The number of ether oxygens (including phenoxy) is 2. The molecule has 0 atom stereocenters. The van der Waals surface area contributed by atoms with E-state index in [0.29, 0.717) is 11.1 Å². The molecule has 112 valence electrons. The highest BCUT2D eigenvalue weighted by molar-refractivity contribution is 5.93. The van der Waals surface area contributed by atoms with Gasteiger partial charge in [-0.2, -0.15) is 0 Å². The second-order valence-corrected chi connectivity index (χ2v) is 4.46. The molecule has 0 radical (unpaired) electrons. The maximum Gasteiger partial charge on any atom is 0.338 e. The molecule has 0 fully saturated rings. The first-order valence-electron chi connectivity index (χ1n) is 6.82. The predicted octanol–water partition coefficient (Wildman–Crippen LogP) is 3.34. The maximum atomic E-state index is 11.3. The Kier molecular flexibility index (Phi) is 5.49. The molecule has 4 nitrogen and oxygen atoms in total. The molecule has 4 rings (SSSR count). The third kappa shape index (κ3) is 4.31. The summed E-state index contributed by atoms with van der Waals surface area (Å²) in [6.07, 6.45) is 1.83. The summed E-state index contributed by atoms with van der Waals surface area (Å²) in [4.78, 5) is 22.5. The first-order valence-corrected chi connectivity index (χ1v) is 6.82. The van der Waals surface area contributed by atoms with E-state index in [1.54, 1.807) is 24.3 Å². The highest BCUT2D eigenvalue weighted by Gasteiger charge is 2.13. The van der Waals surface area contributed by atoms with Crippen molar-refractivity contribution in [1.82, 2.24) is 0 Å². The molecule has 2 aromatic rings. The fourth-order valence-corrected chi connectivity index (χ4v) is 1.77. The Bertz CT molecular complexity index is 608. The van der Waals surface area contributed by atoms with E-state index in [4.69, 9.17) is 9.47 Å². The zero-order valence-corrected chi connectivity index (χ0v) is 12.0. The first kappa shape index (κ1) is 15.5. The van der Waals surface area contributed by atoms with Crippen LogP contribution in [0.1, 0.15) is 26.3 Å². The zero-order chi connectivity index (χ0) is 15.8. The number of fused-ring (bicyclic) bond motifs is 7. The number of benzene rings is 2. The van der Waals surface area contributed by atoms with Gasteiger partial charge in [0.15, 0.2) is 0 Å². The van der Waals surface area contributed by atoms with Gasteiger partial charge in [-0.05, 0) is 29.8 Å². The Morgan fingerprint density at radius 3 is 1.59 bits per heavy atom. The molecule has 2 aliphatic rings. The molecular formula is C18H16O4. The van der Waals surface area contributed by atoms with Crippen molar-refractivity contribution in [3.05, 3.63) is 77.9 Å². The molecule has 0 saturated heterocycles. The molecule has 2 aromatic carbocycles. The van der Waals surface area contributed by atoms with Crippen LogP contribution in [0.15, 0.2) is 61.2 Å². The van der Waals surface area contributed by atoms with E-state index in [-0.39, 0.29) is 13.2 Å². The van der Waals surface area contributed by atoms with E-state index < -0.39 is 11.9 Å². The Morgan fingerprint density at radius 2 is 1.23 bits per heavy atom. The zero-order valence-electron chi connectivity index (χ0n) is 12.0. The summed E-state index contributed by atoms with van der Waals surface area (Å²) < 4.78 is 9.66. The Balaban J connectivity index is 0.000000188. The van der Waals surface area contributed by atoms with Crippen molar-refractivity contribution >= 4 is 18.0 Å². The molecule has 2 aliphatic heterocycles. The van der Waals surface area contributed by atoms with Gasteiger partial charge < -0.3 is 9.47 Å². The summed E-state index contributed by atoms with van der Waals surface area (Å²) in [6.45, 7) is 3.83. The Labute approximate surface area is 129 Å². The number of carbonyl (C=O) groups is 2. The Hall–Kier alpha value is -2.88. The van der Waals surface area contributed by atoms with Gasteiger partial charge in [0.2, 0.25) is 0 Å². The van der Waals surface area contributed by atoms with Crippen LogP contribution in [0.5, 0.6) is 0 Å². The van der Waals surface area contributed by atoms with E-state index in [2.05, 4.69) is 6.58 Å². The summed E-state index contributed by atoms with van der Waals surface area (Å²) in [5, 5.41) is 0. The Morgan fingerprint density at radius 1 is 0.773 bits per heavy atom. The topological polar surface area (TPSA) is 52.6 Å². The van der Waals surface area contributed by atoms with Crippen molar-refractivity contribution in [1.29, 1.82) is 0 Å². The van der Waals surface area contributed by atoms with Crippen LogP contribution in [0.3, 0.4) is 0 Å². The van der Waals surface area contributed by atoms with Gasteiger partial charge in [-0.25, -0.2) is 9.59 Å². The summed E-state index contributed by atoms with van der Waals surface area (Å²) in [5.74, 6) is -0.788.